The summed E-state index contributed by atoms with van der Waals surface area (Å²) in [5.74, 6) is -0.472. The van der Waals surface area contributed by atoms with E-state index in [4.69, 9.17) is 22.2 Å². The maximum absolute atomic E-state index is 11.6. The lowest BCUT2D eigenvalue weighted by Crippen LogP contribution is -2.14. The summed E-state index contributed by atoms with van der Waals surface area (Å²) in [6, 6.07) is 8.73. The Hall–Kier alpha value is -2.11. The third kappa shape index (κ3) is 4.44. The molecule has 1 aromatic carbocycles. The van der Waals surface area contributed by atoms with E-state index >= 15 is 0 Å². The van der Waals surface area contributed by atoms with Crippen molar-refractivity contribution in [3.8, 4) is 0 Å². The Kier molecular flexibility index (Phi) is 5.14. The molecular weight excluding hydrogens is 308 g/mol. The molecule has 2 aromatic rings. The van der Waals surface area contributed by atoms with Gasteiger partial charge in [0.1, 0.15) is 0 Å². The van der Waals surface area contributed by atoms with Crippen LogP contribution < -0.4 is 5.73 Å². The van der Waals surface area contributed by atoms with Crippen molar-refractivity contribution in [3.05, 3.63) is 62.8 Å². The molecule has 0 unspecified atom stereocenters. The fourth-order valence-electron chi connectivity index (χ4n) is 1.50. The number of carbonyl (C=O) groups is 1. The molecule has 4 nitrogen and oxygen atoms in total. The van der Waals surface area contributed by atoms with Gasteiger partial charge in [0, 0.05) is 21.5 Å². The number of nitrogens with two attached hydrogens (primary N) is 1. The van der Waals surface area contributed by atoms with E-state index in [1.54, 1.807) is 41.7 Å². The first kappa shape index (κ1) is 15.3. The molecule has 21 heavy (non-hydrogen) atoms. The van der Waals surface area contributed by atoms with Gasteiger partial charge in [-0.2, -0.15) is 0 Å². The van der Waals surface area contributed by atoms with Crippen molar-refractivity contribution in [2.75, 3.05) is 0 Å². The van der Waals surface area contributed by atoms with Crippen LogP contribution in [0.5, 0.6) is 0 Å². The number of hydrogen-bond acceptors (Lipinski definition) is 4. The van der Waals surface area contributed by atoms with Gasteiger partial charge in [-0.15, -0.1) is 11.3 Å². The number of thiophene rings is 1. The number of aryl methyl sites for hydroxylation is 1. The van der Waals surface area contributed by atoms with Gasteiger partial charge in [0.05, 0.1) is 0 Å². The summed E-state index contributed by atoms with van der Waals surface area (Å²) >= 11 is 7.32. The minimum absolute atomic E-state index is 0.112. The highest BCUT2D eigenvalue weighted by Gasteiger charge is 2.02. The highest BCUT2D eigenvalue weighted by molar-refractivity contribution is 7.11. The number of halogens is 1. The number of amidine groups is 1. The van der Waals surface area contributed by atoms with E-state index in [2.05, 4.69) is 5.16 Å². The molecule has 1 aromatic heterocycles. The van der Waals surface area contributed by atoms with Gasteiger partial charge in [0.2, 0.25) is 0 Å². The van der Waals surface area contributed by atoms with E-state index in [1.165, 1.54) is 6.08 Å². The van der Waals surface area contributed by atoms with Crippen molar-refractivity contribution < 1.29 is 9.63 Å². The first-order chi connectivity index (χ1) is 10.1. The smallest absolute Gasteiger partial charge is 0.358 e. The lowest BCUT2D eigenvalue weighted by atomic mass is 10.2. The van der Waals surface area contributed by atoms with Crippen molar-refractivity contribution in [3.63, 3.8) is 0 Å². The van der Waals surface area contributed by atoms with Gasteiger partial charge >= 0.3 is 5.97 Å². The molecule has 0 aliphatic heterocycles. The molecule has 0 saturated heterocycles. The van der Waals surface area contributed by atoms with E-state index in [9.17, 15) is 4.79 Å². The summed E-state index contributed by atoms with van der Waals surface area (Å²) in [6.07, 6.45) is 3.01. The lowest BCUT2D eigenvalue weighted by molar-refractivity contribution is -0.137. The van der Waals surface area contributed by atoms with Crippen LogP contribution in [0.2, 0.25) is 5.02 Å². The fraction of sp³-hybridized carbons (Fsp3) is 0.0667. The molecule has 0 saturated carbocycles. The first-order valence-electron chi connectivity index (χ1n) is 6.09. The molecule has 6 heteroatoms. The van der Waals surface area contributed by atoms with Gasteiger partial charge in [0.25, 0.3) is 0 Å². The molecular formula is C15H13ClN2O2S. The summed E-state index contributed by atoms with van der Waals surface area (Å²) < 4.78 is 0. The summed E-state index contributed by atoms with van der Waals surface area (Å²) in [6.45, 7) is 1.97. The molecule has 0 fully saturated rings. The van der Waals surface area contributed by atoms with Crippen LogP contribution in [0, 0.1) is 6.92 Å². The van der Waals surface area contributed by atoms with E-state index < -0.39 is 5.97 Å². The second-order valence-corrected chi connectivity index (χ2v) is 5.58. The highest BCUT2D eigenvalue weighted by atomic mass is 35.5. The van der Waals surface area contributed by atoms with Crippen molar-refractivity contribution in [2.45, 2.75) is 6.92 Å². The summed E-state index contributed by atoms with van der Waals surface area (Å²) in [7, 11) is 0. The SMILES string of the molecule is Cc1ccsc1C=CC(=O)O/N=C(\N)c1ccc(Cl)cc1. The molecule has 0 bridgehead atoms. The van der Waals surface area contributed by atoms with Gasteiger partial charge in [-0.3, -0.25) is 0 Å². The highest BCUT2D eigenvalue weighted by Crippen LogP contribution is 2.17. The molecule has 0 aliphatic rings. The Morgan fingerprint density at radius 3 is 2.67 bits per heavy atom. The molecule has 0 radical (unpaired) electrons. The van der Waals surface area contributed by atoms with Gasteiger partial charge in [-0.05, 0) is 54.3 Å². The number of oxime groups is 1. The van der Waals surface area contributed by atoms with Gasteiger partial charge in [-0.1, -0.05) is 16.8 Å². The number of hydrogen-bond donors (Lipinski definition) is 1. The maximum Gasteiger partial charge on any atom is 0.358 e. The summed E-state index contributed by atoms with van der Waals surface area (Å²) in [4.78, 5) is 17.3. The van der Waals surface area contributed by atoms with E-state index in [-0.39, 0.29) is 5.84 Å². The van der Waals surface area contributed by atoms with E-state index in [0.717, 1.165) is 10.4 Å². The van der Waals surface area contributed by atoms with Crippen LogP contribution in [0.1, 0.15) is 16.0 Å². The van der Waals surface area contributed by atoms with Gasteiger partial charge in [-0.25, -0.2) is 4.79 Å². The molecule has 2 N–H and O–H groups in total. The Balaban J connectivity index is 1.97. The van der Waals surface area contributed by atoms with Crippen LogP contribution in [0.3, 0.4) is 0 Å². The van der Waals surface area contributed by atoms with Crippen LogP contribution in [0.25, 0.3) is 6.08 Å². The second kappa shape index (κ2) is 7.06. The first-order valence-corrected chi connectivity index (χ1v) is 7.34. The van der Waals surface area contributed by atoms with Crippen LogP contribution >= 0.6 is 22.9 Å². The third-order valence-electron chi connectivity index (χ3n) is 2.65. The minimum Gasteiger partial charge on any atom is -0.380 e. The monoisotopic (exact) mass is 320 g/mol. The number of nitrogens with zero attached hydrogens (tertiary/aromatic N) is 1. The van der Waals surface area contributed by atoms with Crippen LogP contribution in [-0.4, -0.2) is 11.8 Å². The predicted molar refractivity (Wildman–Crippen MR) is 86.4 cm³/mol. The molecule has 1 heterocycles. The van der Waals surface area contributed by atoms with Crippen LogP contribution in [-0.2, 0) is 9.63 Å². The number of benzene rings is 1. The average Bonchev–Trinajstić information content (AvgIpc) is 2.88. The topological polar surface area (TPSA) is 64.7 Å². The Labute approximate surface area is 131 Å². The largest absolute Gasteiger partial charge is 0.380 e. The van der Waals surface area contributed by atoms with Crippen LogP contribution in [0.4, 0.5) is 0 Å². The standard InChI is InChI=1S/C15H13ClN2O2S/c1-10-8-9-21-13(10)6-7-14(19)20-18-15(17)11-2-4-12(16)5-3-11/h2-9H,1H3,(H2,17,18). The molecule has 0 atom stereocenters. The zero-order valence-corrected chi connectivity index (χ0v) is 12.8. The zero-order chi connectivity index (χ0) is 15.2. The van der Waals surface area contributed by atoms with E-state index in [1.807, 2.05) is 18.4 Å². The quantitative estimate of drug-likeness (QED) is 0.308. The van der Waals surface area contributed by atoms with Crippen molar-refractivity contribution >= 4 is 40.8 Å². The maximum atomic E-state index is 11.6. The molecule has 0 amide bonds. The number of carbonyl (C=O) groups excluding carboxylic acids is 1. The minimum atomic E-state index is -0.584. The van der Waals surface area contributed by atoms with Gasteiger partial charge < -0.3 is 10.6 Å². The third-order valence-corrected chi connectivity index (χ3v) is 3.88. The normalized spacial score (nSPS) is 11.8. The molecule has 0 aliphatic carbocycles. The summed E-state index contributed by atoms with van der Waals surface area (Å²) in [5, 5.41) is 6.15. The zero-order valence-electron chi connectivity index (χ0n) is 11.2. The Morgan fingerprint density at radius 1 is 1.33 bits per heavy atom. The molecule has 2 rings (SSSR count). The van der Waals surface area contributed by atoms with Crippen molar-refractivity contribution in [1.29, 1.82) is 0 Å². The van der Waals surface area contributed by atoms with E-state index in [0.29, 0.717) is 10.6 Å². The molecule has 0 spiro atoms. The predicted octanol–water partition coefficient (Wildman–Crippen LogP) is 3.59. The Bertz CT molecular complexity index is 690. The van der Waals surface area contributed by atoms with Crippen LogP contribution in [0.15, 0.2) is 46.9 Å². The average molecular weight is 321 g/mol. The van der Waals surface area contributed by atoms with Gasteiger partial charge in [0.15, 0.2) is 5.84 Å². The van der Waals surface area contributed by atoms with Crippen molar-refractivity contribution in [2.24, 2.45) is 10.9 Å². The lowest BCUT2D eigenvalue weighted by Gasteiger charge is -1.99. The number of rotatable bonds is 4. The molecule has 108 valence electrons. The second-order valence-electron chi connectivity index (χ2n) is 4.19. The Morgan fingerprint density at radius 2 is 2.05 bits per heavy atom. The fourth-order valence-corrected chi connectivity index (χ4v) is 2.44. The summed E-state index contributed by atoms with van der Waals surface area (Å²) in [5.41, 5.74) is 7.45. The van der Waals surface area contributed by atoms with Crippen molar-refractivity contribution in [1.82, 2.24) is 0 Å².